The highest BCUT2D eigenvalue weighted by molar-refractivity contribution is 5.29. The molecule has 0 unspecified atom stereocenters. The smallest absolute Gasteiger partial charge is 0.136 e. The Hall–Kier alpha value is -1.22. The van der Waals surface area contributed by atoms with E-state index in [-0.39, 0.29) is 6.10 Å². The van der Waals surface area contributed by atoms with Gasteiger partial charge in [0.05, 0.1) is 0 Å². The van der Waals surface area contributed by atoms with Crippen LogP contribution in [0.2, 0.25) is 0 Å². The molecule has 1 N–H and O–H groups in total. The molecule has 0 bridgehead atoms. The Morgan fingerprint density at radius 2 is 1.65 bits per heavy atom. The Balaban J connectivity index is 3.68. The van der Waals surface area contributed by atoms with E-state index in [2.05, 4.69) is 37.2 Å². The molecule has 0 heterocycles. The van der Waals surface area contributed by atoms with E-state index in [4.69, 9.17) is 4.74 Å². The third-order valence-electron chi connectivity index (χ3n) is 3.06. The normalized spacial score (nSPS) is 12.6. The molecule has 0 amide bonds. The second-order valence-electron chi connectivity index (χ2n) is 4.86. The molecule has 0 aliphatic carbocycles. The summed E-state index contributed by atoms with van der Waals surface area (Å²) in [6.45, 7) is 5.82. The maximum atomic E-state index is 9.68. The Kier molecular flexibility index (Phi) is 13.3. The summed E-state index contributed by atoms with van der Waals surface area (Å²) in [4.78, 5) is 0. The molecule has 2 heteroatoms. The van der Waals surface area contributed by atoms with E-state index in [0.29, 0.717) is 0 Å². The summed E-state index contributed by atoms with van der Waals surface area (Å²) in [7, 11) is 1.57. The first-order chi connectivity index (χ1) is 9.74. The Morgan fingerprint density at radius 1 is 1.05 bits per heavy atom. The number of unbranched alkanes of at least 4 members (excludes halogenated alkanes) is 6. The predicted octanol–water partition coefficient (Wildman–Crippen LogP) is 3.70. The monoisotopic (exact) mass is 276 g/mol. The average molecular weight is 276 g/mol. The second kappa shape index (κ2) is 14.2. The molecule has 2 nitrogen and oxygen atoms in total. The average Bonchev–Trinajstić information content (AvgIpc) is 2.46. The van der Waals surface area contributed by atoms with Gasteiger partial charge in [0.1, 0.15) is 12.2 Å². The van der Waals surface area contributed by atoms with Gasteiger partial charge >= 0.3 is 0 Å². The summed E-state index contributed by atoms with van der Waals surface area (Å²) in [5, 5.41) is 9.68. The summed E-state index contributed by atoms with van der Waals surface area (Å²) < 4.78 is 5.00. The van der Waals surface area contributed by atoms with Gasteiger partial charge in [-0.1, -0.05) is 69.9 Å². The summed E-state index contributed by atoms with van der Waals surface area (Å²) >= 11 is 0. The van der Waals surface area contributed by atoms with E-state index in [1.54, 1.807) is 13.2 Å². The molecule has 0 aromatic rings. The van der Waals surface area contributed by atoms with Gasteiger partial charge in [0.15, 0.2) is 0 Å². The zero-order valence-electron chi connectivity index (χ0n) is 13.0. The van der Waals surface area contributed by atoms with Crippen molar-refractivity contribution >= 4 is 0 Å². The Labute approximate surface area is 124 Å². The van der Waals surface area contributed by atoms with Gasteiger partial charge in [-0.3, -0.25) is 0 Å². The summed E-state index contributed by atoms with van der Waals surface area (Å²) in [5.41, 5.74) is 0. The fourth-order valence-electron chi connectivity index (χ4n) is 1.81. The molecule has 0 aliphatic heterocycles. The number of rotatable bonds is 10. The number of aliphatic hydroxyl groups is 1. The van der Waals surface area contributed by atoms with E-state index in [1.165, 1.54) is 38.5 Å². The van der Waals surface area contributed by atoms with Gasteiger partial charge in [0.2, 0.25) is 0 Å². The maximum Gasteiger partial charge on any atom is 0.136 e. The first-order valence-electron chi connectivity index (χ1n) is 7.59. The lowest BCUT2D eigenvalue weighted by Crippen LogP contribution is -2.02. The number of ether oxygens (including phenoxy) is 1. The largest absolute Gasteiger partial charge is 0.380 e. The third-order valence-corrected chi connectivity index (χ3v) is 3.06. The van der Waals surface area contributed by atoms with Crippen molar-refractivity contribution in [2.24, 2.45) is 0 Å². The van der Waals surface area contributed by atoms with Crippen LogP contribution in [0.4, 0.5) is 0 Å². The van der Waals surface area contributed by atoms with Crippen LogP contribution >= 0.6 is 0 Å². The van der Waals surface area contributed by atoms with Gasteiger partial charge in [-0.2, -0.15) is 0 Å². The molecule has 0 spiro atoms. The van der Waals surface area contributed by atoms with Gasteiger partial charge in [-0.05, 0) is 24.7 Å². The van der Waals surface area contributed by atoms with Crippen molar-refractivity contribution in [1.29, 1.82) is 0 Å². The van der Waals surface area contributed by atoms with Crippen molar-refractivity contribution in [3.8, 4) is 23.7 Å². The van der Waals surface area contributed by atoms with E-state index in [0.717, 1.165) is 12.8 Å². The van der Waals surface area contributed by atoms with Crippen LogP contribution in [0.25, 0.3) is 0 Å². The van der Waals surface area contributed by atoms with Gasteiger partial charge in [-0.25, -0.2) is 0 Å². The summed E-state index contributed by atoms with van der Waals surface area (Å²) in [6.07, 6.45) is 10.2. The molecule has 0 saturated carbocycles. The van der Waals surface area contributed by atoms with Crippen LogP contribution in [0.15, 0.2) is 12.7 Å². The van der Waals surface area contributed by atoms with E-state index in [9.17, 15) is 5.11 Å². The van der Waals surface area contributed by atoms with Crippen LogP contribution in [-0.2, 0) is 4.74 Å². The van der Waals surface area contributed by atoms with Crippen LogP contribution < -0.4 is 0 Å². The molecule has 0 aliphatic rings. The molecule has 0 aromatic heterocycles. The van der Waals surface area contributed by atoms with Gasteiger partial charge in [0.25, 0.3) is 0 Å². The SMILES string of the molecule is C=C[C@H](C#CC#C[C@@H](O)CCCCCCCCC)OC. The fourth-order valence-corrected chi connectivity index (χ4v) is 1.81. The quantitative estimate of drug-likeness (QED) is 0.374. The van der Waals surface area contributed by atoms with Crippen LogP contribution in [-0.4, -0.2) is 24.4 Å². The van der Waals surface area contributed by atoms with E-state index < -0.39 is 6.10 Å². The molecule has 0 radical (unpaired) electrons. The van der Waals surface area contributed by atoms with Gasteiger partial charge in [0, 0.05) is 7.11 Å². The van der Waals surface area contributed by atoms with Crippen LogP contribution in [0.5, 0.6) is 0 Å². The number of hydrogen-bond donors (Lipinski definition) is 1. The van der Waals surface area contributed by atoms with E-state index in [1.807, 2.05) is 0 Å². The Morgan fingerprint density at radius 3 is 2.25 bits per heavy atom. The minimum atomic E-state index is -0.565. The molecule has 112 valence electrons. The lowest BCUT2D eigenvalue weighted by Gasteiger charge is -2.03. The van der Waals surface area contributed by atoms with Crippen molar-refractivity contribution in [2.45, 2.75) is 70.5 Å². The Bertz CT molecular complexity index is 351. The standard InChI is InChI=1S/C18H28O2/c1-4-6-7-8-9-10-11-14-17(19)15-12-13-16-18(5-2)20-3/h5,17-19H,2,4,6-11,14H2,1,3H3/t17-,18+/m0/s1. The highest BCUT2D eigenvalue weighted by Gasteiger charge is 1.98. The molecular formula is C18H28O2. The minimum absolute atomic E-state index is 0.287. The number of aliphatic hydroxyl groups excluding tert-OH is 1. The molecule has 0 aromatic carbocycles. The topological polar surface area (TPSA) is 29.5 Å². The van der Waals surface area contributed by atoms with Crippen LogP contribution in [0.3, 0.4) is 0 Å². The van der Waals surface area contributed by atoms with Crippen LogP contribution in [0, 0.1) is 23.7 Å². The van der Waals surface area contributed by atoms with Crippen molar-refractivity contribution in [1.82, 2.24) is 0 Å². The molecular weight excluding hydrogens is 248 g/mol. The molecule has 0 fully saturated rings. The van der Waals surface area contributed by atoms with Crippen molar-refractivity contribution in [2.75, 3.05) is 7.11 Å². The van der Waals surface area contributed by atoms with Crippen molar-refractivity contribution < 1.29 is 9.84 Å². The number of hydrogen-bond acceptors (Lipinski definition) is 2. The molecule has 20 heavy (non-hydrogen) atoms. The third kappa shape index (κ3) is 11.8. The second-order valence-corrected chi connectivity index (χ2v) is 4.86. The highest BCUT2D eigenvalue weighted by atomic mass is 16.5. The first kappa shape index (κ1) is 18.8. The minimum Gasteiger partial charge on any atom is -0.380 e. The summed E-state index contributed by atoms with van der Waals surface area (Å²) in [5.74, 6) is 10.9. The van der Waals surface area contributed by atoms with Gasteiger partial charge in [-0.15, -0.1) is 0 Å². The summed E-state index contributed by atoms with van der Waals surface area (Å²) in [6, 6.07) is 0. The maximum absolute atomic E-state index is 9.68. The van der Waals surface area contributed by atoms with E-state index >= 15 is 0 Å². The van der Waals surface area contributed by atoms with Crippen molar-refractivity contribution in [3.05, 3.63) is 12.7 Å². The number of methoxy groups -OCH3 is 1. The highest BCUT2D eigenvalue weighted by Crippen LogP contribution is 2.09. The predicted molar refractivity (Wildman–Crippen MR) is 85.2 cm³/mol. The lowest BCUT2D eigenvalue weighted by molar-refractivity contribution is 0.185. The molecule has 0 saturated heterocycles. The van der Waals surface area contributed by atoms with Gasteiger partial charge < -0.3 is 9.84 Å². The van der Waals surface area contributed by atoms with Crippen LogP contribution in [0.1, 0.15) is 58.3 Å². The zero-order valence-corrected chi connectivity index (χ0v) is 13.0. The molecule has 2 atom stereocenters. The molecule has 0 rings (SSSR count). The first-order valence-corrected chi connectivity index (χ1v) is 7.59. The van der Waals surface area contributed by atoms with Crippen molar-refractivity contribution in [3.63, 3.8) is 0 Å². The fraction of sp³-hybridized carbons (Fsp3) is 0.667. The zero-order chi connectivity index (χ0) is 15.1. The lowest BCUT2D eigenvalue weighted by atomic mass is 10.1.